The van der Waals surface area contributed by atoms with Crippen molar-refractivity contribution in [2.45, 2.75) is 59.2 Å². The number of rotatable bonds is 8. The van der Waals surface area contributed by atoms with Gasteiger partial charge in [0.25, 0.3) is 0 Å². The fourth-order valence-corrected chi connectivity index (χ4v) is 3.19. The van der Waals surface area contributed by atoms with Gasteiger partial charge in [-0.05, 0) is 50.5 Å². The normalized spacial score (nSPS) is 11.9. The number of hydrogen-bond acceptors (Lipinski definition) is 2. The molecule has 1 atom stereocenters. The van der Waals surface area contributed by atoms with E-state index in [4.69, 9.17) is 0 Å². The van der Waals surface area contributed by atoms with E-state index in [9.17, 15) is 14.0 Å². The van der Waals surface area contributed by atoms with E-state index in [1.807, 2.05) is 52.0 Å². The molecular weight excluding hydrogens is 355 g/mol. The molecule has 1 N–H and O–H groups in total. The van der Waals surface area contributed by atoms with E-state index >= 15 is 0 Å². The van der Waals surface area contributed by atoms with Gasteiger partial charge < -0.3 is 10.2 Å². The molecule has 4 nitrogen and oxygen atoms in total. The lowest BCUT2D eigenvalue weighted by Gasteiger charge is -2.31. The smallest absolute Gasteiger partial charge is 0.243 e. The number of carbonyl (C=O) groups is 2. The molecular formula is C23H29FN2O2. The van der Waals surface area contributed by atoms with Crippen LogP contribution in [0.5, 0.6) is 0 Å². The summed E-state index contributed by atoms with van der Waals surface area (Å²) in [6, 6.07) is 13.3. The molecule has 1 unspecified atom stereocenters. The van der Waals surface area contributed by atoms with Gasteiger partial charge in [-0.2, -0.15) is 0 Å². The topological polar surface area (TPSA) is 49.4 Å². The Morgan fingerprint density at radius 2 is 1.75 bits per heavy atom. The Morgan fingerprint density at radius 3 is 2.32 bits per heavy atom. The van der Waals surface area contributed by atoms with Gasteiger partial charge in [-0.1, -0.05) is 48.9 Å². The molecule has 0 aliphatic heterocycles. The van der Waals surface area contributed by atoms with Crippen molar-refractivity contribution >= 4 is 11.8 Å². The fourth-order valence-electron chi connectivity index (χ4n) is 3.19. The predicted octanol–water partition coefficient (Wildman–Crippen LogP) is 4.01. The van der Waals surface area contributed by atoms with Gasteiger partial charge in [-0.25, -0.2) is 4.39 Å². The van der Waals surface area contributed by atoms with Crippen molar-refractivity contribution in [3.63, 3.8) is 0 Å². The summed E-state index contributed by atoms with van der Waals surface area (Å²) in [6.45, 7) is 8.05. The van der Waals surface area contributed by atoms with Crippen LogP contribution in [-0.2, 0) is 22.6 Å². The Labute approximate surface area is 166 Å². The van der Waals surface area contributed by atoms with Gasteiger partial charge in [0.05, 0.1) is 6.42 Å². The van der Waals surface area contributed by atoms with Crippen LogP contribution in [0.15, 0.2) is 48.5 Å². The predicted molar refractivity (Wildman–Crippen MR) is 109 cm³/mol. The number of hydrogen-bond donors (Lipinski definition) is 1. The highest BCUT2D eigenvalue weighted by Crippen LogP contribution is 2.16. The van der Waals surface area contributed by atoms with Crippen molar-refractivity contribution < 1.29 is 14.0 Å². The molecule has 2 amide bonds. The Morgan fingerprint density at radius 1 is 1.07 bits per heavy atom. The molecule has 0 bridgehead atoms. The minimum atomic E-state index is -0.559. The van der Waals surface area contributed by atoms with Crippen molar-refractivity contribution in [2.75, 3.05) is 0 Å². The third kappa shape index (κ3) is 6.19. The average molecular weight is 384 g/mol. The second kappa shape index (κ2) is 10.0. The number of benzene rings is 2. The highest BCUT2D eigenvalue weighted by molar-refractivity contribution is 5.88. The first-order valence-corrected chi connectivity index (χ1v) is 9.70. The summed E-state index contributed by atoms with van der Waals surface area (Å²) >= 11 is 0. The number of nitrogens with zero attached hydrogens (tertiary/aromatic N) is 1. The molecule has 0 fully saturated rings. The lowest BCUT2D eigenvalue weighted by atomic mass is 10.1. The van der Waals surface area contributed by atoms with Crippen LogP contribution in [0.3, 0.4) is 0 Å². The largest absolute Gasteiger partial charge is 0.352 e. The van der Waals surface area contributed by atoms with Gasteiger partial charge >= 0.3 is 0 Å². The van der Waals surface area contributed by atoms with Crippen LogP contribution in [0.2, 0.25) is 0 Å². The van der Waals surface area contributed by atoms with E-state index in [2.05, 4.69) is 5.32 Å². The average Bonchev–Trinajstić information content (AvgIpc) is 2.63. The Kier molecular flexibility index (Phi) is 7.73. The molecule has 0 aliphatic rings. The van der Waals surface area contributed by atoms with Gasteiger partial charge in [-0.15, -0.1) is 0 Å². The highest BCUT2D eigenvalue weighted by atomic mass is 19.1. The molecule has 0 heterocycles. The van der Waals surface area contributed by atoms with Crippen LogP contribution in [-0.4, -0.2) is 28.8 Å². The molecule has 2 rings (SSSR count). The molecule has 0 saturated carbocycles. The van der Waals surface area contributed by atoms with Crippen molar-refractivity contribution in [3.8, 4) is 0 Å². The van der Waals surface area contributed by atoms with E-state index in [1.165, 1.54) is 12.1 Å². The number of halogens is 1. The summed E-state index contributed by atoms with van der Waals surface area (Å²) in [5, 5.41) is 2.92. The van der Waals surface area contributed by atoms with Gasteiger partial charge in [0.1, 0.15) is 11.9 Å². The third-order valence-corrected chi connectivity index (χ3v) is 4.52. The molecule has 0 radical (unpaired) electrons. The molecule has 2 aromatic rings. The highest BCUT2D eigenvalue weighted by Gasteiger charge is 2.29. The zero-order chi connectivity index (χ0) is 20.7. The minimum absolute atomic E-state index is 0.00503. The third-order valence-electron chi connectivity index (χ3n) is 4.52. The van der Waals surface area contributed by atoms with E-state index in [-0.39, 0.29) is 30.1 Å². The van der Waals surface area contributed by atoms with E-state index in [0.717, 1.165) is 16.7 Å². The monoisotopic (exact) mass is 384 g/mol. The number of amides is 2. The summed E-state index contributed by atoms with van der Waals surface area (Å²) in [5.41, 5.74) is 2.80. The van der Waals surface area contributed by atoms with Crippen molar-refractivity contribution in [3.05, 3.63) is 71.0 Å². The molecule has 0 aliphatic carbocycles. The standard InChI is InChI=1S/C23H29FN2O2/c1-5-21(23(28)25-16(2)3)26(15-19-8-6-7-17(4)13-19)22(27)14-18-9-11-20(24)12-10-18/h6-13,16,21H,5,14-15H2,1-4H3,(H,25,28). The van der Waals surface area contributed by atoms with Crippen LogP contribution < -0.4 is 5.32 Å². The second-order valence-corrected chi connectivity index (χ2v) is 7.40. The van der Waals surface area contributed by atoms with Crippen LogP contribution in [0, 0.1) is 12.7 Å². The van der Waals surface area contributed by atoms with Gasteiger partial charge in [0.2, 0.25) is 11.8 Å². The van der Waals surface area contributed by atoms with Gasteiger partial charge in [0, 0.05) is 12.6 Å². The summed E-state index contributed by atoms with van der Waals surface area (Å²) in [6.07, 6.45) is 0.636. The van der Waals surface area contributed by atoms with E-state index in [0.29, 0.717) is 13.0 Å². The van der Waals surface area contributed by atoms with Crippen LogP contribution >= 0.6 is 0 Å². The second-order valence-electron chi connectivity index (χ2n) is 7.40. The molecule has 0 spiro atoms. The van der Waals surface area contributed by atoms with Gasteiger partial charge in [-0.3, -0.25) is 9.59 Å². The first kappa shape index (κ1) is 21.6. The van der Waals surface area contributed by atoms with Crippen molar-refractivity contribution in [1.82, 2.24) is 10.2 Å². The summed E-state index contributed by atoms with van der Waals surface area (Å²) in [7, 11) is 0. The number of carbonyl (C=O) groups excluding carboxylic acids is 2. The Hall–Kier alpha value is -2.69. The summed E-state index contributed by atoms with van der Waals surface area (Å²) in [5.74, 6) is -0.646. The van der Waals surface area contributed by atoms with Crippen LogP contribution in [0.1, 0.15) is 43.9 Å². The molecule has 2 aromatic carbocycles. The Bertz CT molecular complexity index is 803. The zero-order valence-corrected chi connectivity index (χ0v) is 17.0. The number of nitrogens with one attached hydrogen (secondary N) is 1. The summed E-state index contributed by atoms with van der Waals surface area (Å²) in [4.78, 5) is 27.5. The zero-order valence-electron chi connectivity index (χ0n) is 17.0. The fraction of sp³-hybridized carbons (Fsp3) is 0.391. The molecule has 5 heteroatoms. The maximum Gasteiger partial charge on any atom is 0.243 e. The Balaban J connectivity index is 2.28. The van der Waals surface area contributed by atoms with Crippen LogP contribution in [0.4, 0.5) is 4.39 Å². The first-order valence-electron chi connectivity index (χ1n) is 9.70. The molecule has 0 aromatic heterocycles. The van der Waals surface area contributed by atoms with Gasteiger partial charge in [0.15, 0.2) is 0 Å². The lowest BCUT2D eigenvalue weighted by Crippen LogP contribution is -2.50. The maximum absolute atomic E-state index is 13.2. The molecule has 0 saturated heterocycles. The maximum atomic E-state index is 13.2. The lowest BCUT2D eigenvalue weighted by molar-refractivity contribution is -0.141. The van der Waals surface area contributed by atoms with Crippen molar-refractivity contribution in [1.29, 1.82) is 0 Å². The van der Waals surface area contributed by atoms with E-state index in [1.54, 1.807) is 17.0 Å². The molecule has 28 heavy (non-hydrogen) atoms. The SMILES string of the molecule is CCC(C(=O)NC(C)C)N(Cc1cccc(C)c1)C(=O)Cc1ccc(F)cc1. The first-order chi connectivity index (χ1) is 13.3. The van der Waals surface area contributed by atoms with Crippen LogP contribution in [0.25, 0.3) is 0 Å². The molecule has 150 valence electrons. The number of aryl methyl sites for hydroxylation is 1. The quantitative estimate of drug-likeness (QED) is 0.748. The summed E-state index contributed by atoms with van der Waals surface area (Å²) < 4.78 is 13.2. The van der Waals surface area contributed by atoms with E-state index < -0.39 is 6.04 Å². The minimum Gasteiger partial charge on any atom is -0.352 e. The van der Waals surface area contributed by atoms with Crippen molar-refractivity contribution in [2.24, 2.45) is 0 Å².